The van der Waals surface area contributed by atoms with Gasteiger partial charge in [-0.1, -0.05) is 0 Å². The van der Waals surface area contributed by atoms with Gasteiger partial charge in [0.2, 0.25) is 0 Å². The molecule has 0 aliphatic heterocycles. The quantitative estimate of drug-likeness (QED) is 0.447. The number of hydrogen-bond acceptors (Lipinski definition) is 3. The summed E-state index contributed by atoms with van der Waals surface area (Å²) in [5, 5.41) is 0. The van der Waals surface area contributed by atoms with E-state index in [2.05, 4.69) is 4.99 Å². The van der Waals surface area contributed by atoms with Gasteiger partial charge in [0.25, 0.3) is 0 Å². The Labute approximate surface area is 65.2 Å². The number of nitrogens with zero attached hydrogens (tertiary/aromatic N) is 1. The Hall–Kier alpha value is -0.940. The van der Waals surface area contributed by atoms with Gasteiger partial charge in [-0.05, 0) is 0 Å². The molecule has 5 heteroatoms. The highest BCUT2D eigenvalue weighted by Crippen LogP contribution is 1.73. The van der Waals surface area contributed by atoms with E-state index in [9.17, 15) is 4.79 Å². The van der Waals surface area contributed by atoms with Crippen LogP contribution in [0.15, 0.2) is 4.99 Å². The van der Waals surface area contributed by atoms with Crippen molar-refractivity contribution in [2.24, 2.45) is 10.7 Å². The largest absolute Gasteiger partial charge is 0.382 e. The Morgan fingerprint density at radius 2 is 2.36 bits per heavy atom. The zero-order valence-electron chi connectivity index (χ0n) is 6.45. The third-order valence-electron chi connectivity index (χ3n) is 0.843. The van der Waals surface area contributed by atoms with Gasteiger partial charge in [0.1, 0.15) is 0 Å². The summed E-state index contributed by atoms with van der Waals surface area (Å²) in [4.78, 5) is 13.3. The number of primary amides is 1. The van der Waals surface area contributed by atoms with E-state index in [1.165, 1.54) is 6.21 Å². The maximum Gasteiger partial charge on any atom is 0.338 e. The fourth-order valence-corrected chi connectivity index (χ4v) is 0.406. The van der Waals surface area contributed by atoms with E-state index in [0.717, 1.165) is 0 Å². The molecule has 11 heavy (non-hydrogen) atoms. The molecule has 0 spiro atoms. The Balaban J connectivity index is 3.07. The molecule has 0 aromatic rings. The van der Waals surface area contributed by atoms with E-state index >= 15 is 0 Å². The highest BCUT2D eigenvalue weighted by molar-refractivity contribution is 5.82. The Bertz CT molecular complexity index is 136. The summed E-state index contributed by atoms with van der Waals surface area (Å²) in [5.41, 5.74) is 4.72. The Kier molecular flexibility index (Phi) is 6.56. The molecule has 0 heterocycles. The second kappa shape index (κ2) is 7.17. The second-order valence-corrected chi connectivity index (χ2v) is 1.72. The van der Waals surface area contributed by atoms with Crippen LogP contribution in [-0.2, 0) is 9.47 Å². The van der Waals surface area contributed by atoms with Gasteiger partial charge in [-0.15, -0.1) is 0 Å². The van der Waals surface area contributed by atoms with Crippen LogP contribution in [0.4, 0.5) is 4.79 Å². The molecule has 0 saturated heterocycles. The van der Waals surface area contributed by atoms with E-state index in [-0.39, 0.29) is 6.61 Å². The molecular weight excluding hydrogens is 148 g/mol. The molecule has 0 bridgehead atoms. The van der Waals surface area contributed by atoms with E-state index in [0.29, 0.717) is 13.2 Å². The van der Waals surface area contributed by atoms with Crippen molar-refractivity contribution in [3.05, 3.63) is 0 Å². The summed E-state index contributed by atoms with van der Waals surface area (Å²) in [7, 11) is 1.58. The van der Waals surface area contributed by atoms with Crippen LogP contribution in [0.5, 0.6) is 0 Å². The molecule has 2 N–H and O–H groups in total. The first-order valence-corrected chi connectivity index (χ1v) is 3.16. The number of urea groups is 1. The SMILES string of the molecule is COCCOCC=NC(N)=O. The molecule has 5 nitrogen and oxygen atoms in total. The van der Waals surface area contributed by atoms with Crippen LogP contribution in [0.1, 0.15) is 0 Å². The normalized spacial score (nSPS) is 10.6. The number of carbonyl (C=O) groups excluding carboxylic acids is 1. The van der Waals surface area contributed by atoms with Gasteiger partial charge in [-0.3, -0.25) is 0 Å². The third kappa shape index (κ3) is 9.06. The molecule has 0 radical (unpaired) electrons. The third-order valence-corrected chi connectivity index (χ3v) is 0.843. The van der Waals surface area contributed by atoms with Crippen LogP contribution in [0, 0.1) is 0 Å². The topological polar surface area (TPSA) is 73.9 Å². The number of aliphatic imine (C=N–C) groups is 1. The first-order valence-electron chi connectivity index (χ1n) is 3.16. The van der Waals surface area contributed by atoms with E-state index in [4.69, 9.17) is 15.2 Å². The lowest BCUT2D eigenvalue weighted by Crippen LogP contribution is -2.07. The fraction of sp³-hybridized carbons (Fsp3) is 0.667. The molecule has 0 aliphatic carbocycles. The van der Waals surface area contributed by atoms with Crippen LogP contribution in [0.2, 0.25) is 0 Å². The molecule has 0 aliphatic rings. The van der Waals surface area contributed by atoms with Crippen molar-refractivity contribution in [2.75, 3.05) is 26.9 Å². The average molecular weight is 160 g/mol. The van der Waals surface area contributed by atoms with E-state index < -0.39 is 6.03 Å². The standard InChI is InChI=1S/C6H12N2O3/c1-10-4-5-11-3-2-8-6(7)9/h2H,3-5H2,1H3,(H2,7,9). The summed E-state index contributed by atoms with van der Waals surface area (Å²) < 4.78 is 9.65. The van der Waals surface area contributed by atoms with Gasteiger partial charge in [-0.25, -0.2) is 9.79 Å². The van der Waals surface area contributed by atoms with Crippen molar-refractivity contribution in [3.63, 3.8) is 0 Å². The van der Waals surface area contributed by atoms with Gasteiger partial charge in [0, 0.05) is 13.3 Å². The maximum absolute atomic E-state index is 10.0. The van der Waals surface area contributed by atoms with Gasteiger partial charge in [0.05, 0.1) is 19.8 Å². The van der Waals surface area contributed by atoms with Crippen LogP contribution < -0.4 is 5.73 Å². The molecule has 0 fully saturated rings. The van der Waals surface area contributed by atoms with Gasteiger partial charge < -0.3 is 15.2 Å². The minimum Gasteiger partial charge on any atom is -0.382 e. The van der Waals surface area contributed by atoms with Gasteiger partial charge >= 0.3 is 6.03 Å². The minimum atomic E-state index is -0.708. The molecule has 0 atom stereocenters. The smallest absolute Gasteiger partial charge is 0.338 e. The zero-order chi connectivity index (χ0) is 8.53. The summed E-state index contributed by atoms with van der Waals surface area (Å²) in [5.74, 6) is 0. The molecule has 0 rings (SSSR count). The van der Waals surface area contributed by atoms with Crippen molar-refractivity contribution < 1.29 is 14.3 Å². The van der Waals surface area contributed by atoms with Crippen LogP contribution in [-0.4, -0.2) is 39.2 Å². The molecule has 0 saturated carbocycles. The lowest BCUT2D eigenvalue weighted by atomic mass is 10.7. The highest BCUT2D eigenvalue weighted by Gasteiger charge is 1.84. The maximum atomic E-state index is 10.0. The minimum absolute atomic E-state index is 0.284. The van der Waals surface area contributed by atoms with Gasteiger partial charge in [-0.2, -0.15) is 0 Å². The number of rotatable bonds is 5. The second-order valence-electron chi connectivity index (χ2n) is 1.72. The molecular formula is C6H12N2O3. The molecule has 0 aromatic carbocycles. The number of methoxy groups -OCH3 is 1. The van der Waals surface area contributed by atoms with Crippen LogP contribution in [0.3, 0.4) is 0 Å². The highest BCUT2D eigenvalue weighted by atomic mass is 16.5. The summed E-state index contributed by atoms with van der Waals surface area (Å²) in [6.45, 7) is 1.30. The van der Waals surface area contributed by atoms with Crippen molar-refractivity contribution >= 4 is 12.2 Å². The predicted octanol–water partition coefficient (Wildman–Crippen LogP) is -0.201. The number of nitrogens with two attached hydrogens (primary N) is 1. The molecule has 2 amide bonds. The van der Waals surface area contributed by atoms with Crippen LogP contribution in [0.25, 0.3) is 0 Å². The summed E-state index contributed by atoms with van der Waals surface area (Å²) in [6, 6.07) is -0.708. The Morgan fingerprint density at radius 1 is 1.64 bits per heavy atom. The first kappa shape index (κ1) is 10.1. The van der Waals surface area contributed by atoms with Crippen molar-refractivity contribution in [1.82, 2.24) is 0 Å². The average Bonchev–Trinajstić information content (AvgIpc) is 1.96. The number of amides is 2. The number of hydrogen-bond donors (Lipinski definition) is 1. The lowest BCUT2D eigenvalue weighted by Gasteiger charge is -1.97. The predicted molar refractivity (Wildman–Crippen MR) is 40.8 cm³/mol. The van der Waals surface area contributed by atoms with Crippen LogP contribution >= 0.6 is 0 Å². The van der Waals surface area contributed by atoms with Crippen molar-refractivity contribution in [3.8, 4) is 0 Å². The molecule has 0 unspecified atom stereocenters. The number of carbonyl (C=O) groups is 1. The number of ether oxygens (including phenoxy) is 2. The summed E-state index contributed by atoms with van der Waals surface area (Å²) in [6.07, 6.45) is 1.32. The zero-order valence-corrected chi connectivity index (χ0v) is 6.45. The Morgan fingerprint density at radius 3 is 2.91 bits per heavy atom. The van der Waals surface area contributed by atoms with Gasteiger partial charge in [0.15, 0.2) is 0 Å². The van der Waals surface area contributed by atoms with Crippen molar-refractivity contribution in [2.45, 2.75) is 0 Å². The van der Waals surface area contributed by atoms with E-state index in [1.54, 1.807) is 7.11 Å². The lowest BCUT2D eigenvalue weighted by molar-refractivity contribution is 0.0912. The monoisotopic (exact) mass is 160 g/mol. The first-order chi connectivity index (χ1) is 5.27. The van der Waals surface area contributed by atoms with Crippen molar-refractivity contribution in [1.29, 1.82) is 0 Å². The molecule has 64 valence electrons. The molecule has 0 aromatic heterocycles. The fourth-order valence-electron chi connectivity index (χ4n) is 0.406. The van der Waals surface area contributed by atoms with E-state index in [1.807, 2.05) is 0 Å². The summed E-state index contributed by atoms with van der Waals surface area (Å²) >= 11 is 0.